The normalized spacial score (nSPS) is 25.6. The Hall–Kier alpha value is -0.710. The number of amides is 1. The number of aliphatic hydroxyl groups excluding tert-OH is 1. The molecule has 1 saturated carbocycles. The first-order chi connectivity index (χ1) is 9.55. The third-order valence-electron chi connectivity index (χ3n) is 3.97. The Labute approximate surface area is 129 Å². The lowest BCUT2D eigenvalue weighted by Crippen LogP contribution is -2.45. The highest BCUT2D eigenvalue weighted by Gasteiger charge is 2.38. The van der Waals surface area contributed by atoms with Gasteiger partial charge in [0.2, 0.25) is 5.91 Å². The van der Waals surface area contributed by atoms with Gasteiger partial charge in [0.25, 0.3) is 0 Å². The molecule has 3 nitrogen and oxygen atoms in total. The molecule has 20 heavy (non-hydrogen) atoms. The van der Waals surface area contributed by atoms with Crippen LogP contribution in [-0.4, -0.2) is 29.4 Å². The molecule has 1 aromatic rings. The molecule has 0 radical (unpaired) electrons. The van der Waals surface area contributed by atoms with Gasteiger partial charge in [-0.3, -0.25) is 4.79 Å². The molecular formula is C15H20ClNO2S. The van der Waals surface area contributed by atoms with E-state index in [-0.39, 0.29) is 24.0 Å². The third-order valence-corrected chi connectivity index (χ3v) is 5.49. The van der Waals surface area contributed by atoms with E-state index in [0.29, 0.717) is 10.8 Å². The van der Waals surface area contributed by atoms with Crippen LogP contribution in [0.1, 0.15) is 26.2 Å². The van der Waals surface area contributed by atoms with E-state index in [0.717, 1.165) is 24.2 Å². The molecule has 1 amide bonds. The van der Waals surface area contributed by atoms with Gasteiger partial charge in [-0.25, -0.2) is 0 Å². The summed E-state index contributed by atoms with van der Waals surface area (Å²) in [5.74, 6) is 0.350. The van der Waals surface area contributed by atoms with Crippen molar-refractivity contribution in [2.75, 3.05) is 12.4 Å². The van der Waals surface area contributed by atoms with Crippen LogP contribution in [0.2, 0.25) is 5.02 Å². The van der Waals surface area contributed by atoms with Crippen molar-refractivity contribution in [3.63, 3.8) is 0 Å². The van der Waals surface area contributed by atoms with Crippen LogP contribution in [-0.2, 0) is 4.79 Å². The maximum Gasteiger partial charge on any atom is 0.230 e. The van der Waals surface area contributed by atoms with Gasteiger partial charge in [0.05, 0.1) is 17.4 Å². The minimum Gasteiger partial charge on any atom is -0.396 e. The molecule has 1 fully saturated rings. The minimum absolute atomic E-state index is 0.00138. The molecule has 1 aliphatic rings. The van der Waals surface area contributed by atoms with E-state index in [1.807, 2.05) is 31.2 Å². The molecule has 5 heteroatoms. The summed E-state index contributed by atoms with van der Waals surface area (Å²) < 4.78 is 0. The number of nitrogens with one attached hydrogen (secondary N) is 1. The maximum absolute atomic E-state index is 12.0. The molecule has 0 saturated heterocycles. The molecule has 2 unspecified atom stereocenters. The number of thioether (sulfide) groups is 1. The molecule has 0 spiro atoms. The first kappa shape index (κ1) is 15.7. The monoisotopic (exact) mass is 313 g/mol. The van der Waals surface area contributed by atoms with Crippen molar-refractivity contribution in [2.45, 2.75) is 37.1 Å². The molecule has 1 aromatic carbocycles. The van der Waals surface area contributed by atoms with Gasteiger partial charge >= 0.3 is 0 Å². The van der Waals surface area contributed by atoms with Crippen LogP contribution < -0.4 is 5.32 Å². The molecule has 0 aromatic heterocycles. The zero-order chi connectivity index (χ0) is 14.6. The number of carbonyl (C=O) groups is 1. The van der Waals surface area contributed by atoms with E-state index in [1.54, 1.807) is 0 Å². The highest BCUT2D eigenvalue weighted by molar-refractivity contribution is 8.00. The SMILES string of the molecule is CC1(CO)CCCC1NC(=O)CSc1ccccc1Cl. The van der Waals surface area contributed by atoms with Gasteiger partial charge < -0.3 is 10.4 Å². The highest BCUT2D eigenvalue weighted by atomic mass is 35.5. The fraction of sp³-hybridized carbons (Fsp3) is 0.533. The van der Waals surface area contributed by atoms with Crippen molar-refractivity contribution in [1.82, 2.24) is 5.32 Å². The number of hydrogen-bond donors (Lipinski definition) is 2. The second-order valence-corrected chi connectivity index (χ2v) is 6.97. The lowest BCUT2D eigenvalue weighted by atomic mass is 9.86. The second kappa shape index (κ2) is 6.83. The van der Waals surface area contributed by atoms with E-state index < -0.39 is 0 Å². The number of aliphatic hydroxyl groups is 1. The van der Waals surface area contributed by atoms with Gasteiger partial charge in [0.1, 0.15) is 0 Å². The minimum atomic E-state index is -0.176. The largest absolute Gasteiger partial charge is 0.396 e. The Morgan fingerprint density at radius 1 is 1.55 bits per heavy atom. The Bertz CT molecular complexity index is 483. The summed E-state index contributed by atoms with van der Waals surface area (Å²) in [4.78, 5) is 12.9. The molecule has 2 rings (SSSR count). The van der Waals surface area contributed by atoms with E-state index in [1.165, 1.54) is 11.8 Å². The summed E-state index contributed by atoms with van der Waals surface area (Å²) in [5, 5.41) is 13.2. The average Bonchev–Trinajstić information content (AvgIpc) is 2.80. The van der Waals surface area contributed by atoms with E-state index in [9.17, 15) is 9.90 Å². The first-order valence-electron chi connectivity index (χ1n) is 6.83. The van der Waals surface area contributed by atoms with Crippen LogP contribution in [0.4, 0.5) is 0 Å². The topological polar surface area (TPSA) is 49.3 Å². The summed E-state index contributed by atoms with van der Waals surface area (Å²) in [7, 11) is 0. The van der Waals surface area contributed by atoms with Crippen LogP contribution in [0.3, 0.4) is 0 Å². The van der Waals surface area contributed by atoms with E-state index in [2.05, 4.69) is 5.32 Å². The predicted octanol–water partition coefficient (Wildman–Crippen LogP) is 3.10. The Morgan fingerprint density at radius 2 is 2.30 bits per heavy atom. The van der Waals surface area contributed by atoms with Gasteiger partial charge in [-0.05, 0) is 25.0 Å². The number of carbonyl (C=O) groups excluding carboxylic acids is 1. The smallest absolute Gasteiger partial charge is 0.230 e. The average molecular weight is 314 g/mol. The van der Waals surface area contributed by atoms with Crippen molar-refractivity contribution in [3.8, 4) is 0 Å². The number of hydrogen-bond acceptors (Lipinski definition) is 3. The Balaban J connectivity index is 1.86. The summed E-state index contributed by atoms with van der Waals surface area (Å²) in [6, 6.07) is 7.59. The van der Waals surface area contributed by atoms with Crippen LogP contribution >= 0.6 is 23.4 Å². The summed E-state index contributed by atoms with van der Waals surface area (Å²) in [5.41, 5.74) is -0.176. The third kappa shape index (κ3) is 3.68. The van der Waals surface area contributed by atoms with Gasteiger partial charge in [-0.2, -0.15) is 0 Å². The quantitative estimate of drug-likeness (QED) is 0.821. The lowest BCUT2D eigenvalue weighted by molar-refractivity contribution is -0.120. The fourth-order valence-corrected chi connectivity index (χ4v) is 3.66. The van der Waals surface area contributed by atoms with E-state index in [4.69, 9.17) is 11.6 Å². The zero-order valence-electron chi connectivity index (χ0n) is 11.6. The van der Waals surface area contributed by atoms with Crippen molar-refractivity contribution < 1.29 is 9.90 Å². The molecule has 110 valence electrons. The maximum atomic E-state index is 12.0. The number of halogens is 1. The van der Waals surface area contributed by atoms with Crippen LogP contribution in [0.5, 0.6) is 0 Å². The standard InChI is InChI=1S/C15H20ClNO2S/c1-15(10-18)8-4-7-13(15)17-14(19)9-20-12-6-3-2-5-11(12)16/h2-3,5-6,13,18H,4,7-10H2,1H3,(H,17,19). The van der Waals surface area contributed by atoms with Crippen molar-refractivity contribution in [2.24, 2.45) is 5.41 Å². The van der Waals surface area contributed by atoms with Gasteiger partial charge in [-0.1, -0.05) is 37.1 Å². The molecule has 1 aliphatic carbocycles. The predicted molar refractivity (Wildman–Crippen MR) is 83.2 cm³/mol. The van der Waals surface area contributed by atoms with Gasteiger partial charge in [0, 0.05) is 16.4 Å². The Kier molecular flexibility index (Phi) is 5.35. The van der Waals surface area contributed by atoms with Crippen molar-refractivity contribution in [1.29, 1.82) is 0 Å². The van der Waals surface area contributed by atoms with Crippen molar-refractivity contribution >= 4 is 29.3 Å². The molecular weight excluding hydrogens is 294 g/mol. The molecule has 0 bridgehead atoms. The van der Waals surface area contributed by atoms with Gasteiger partial charge in [-0.15, -0.1) is 11.8 Å². The number of rotatable bonds is 5. The molecule has 2 atom stereocenters. The number of benzene rings is 1. The fourth-order valence-electron chi connectivity index (χ4n) is 2.61. The summed E-state index contributed by atoms with van der Waals surface area (Å²) in [6.07, 6.45) is 2.96. The van der Waals surface area contributed by atoms with Crippen LogP contribution in [0.15, 0.2) is 29.2 Å². The van der Waals surface area contributed by atoms with Crippen LogP contribution in [0.25, 0.3) is 0 Å². The van der Waals surface area contributed by atoms with Crippen LogP contribution in [0, 0.1) is 5.41 Å². The summed E-state index contributed by atoms with van der Waals surface area (Å²) in [6.45, 7) is 2.15. The summed E-state index contributed by atoms with van der Waals surface area (Å²) >= 11 is 7.50. The van der Waals surface area contributed by atoms with E-state index >= 15 is 0 Å². The van der Waals surface area contributed by atoms with Crippen molar-refractivity contribution in [3.05, 3.63) is 29.3 Å². The first-order valence-corrected chi connectivity index (χ1v) is 8.19. The second-order valence-electron chi connectivity index (χ2n) is 5.54. The zero-order valence-corrected chi connectivity index (χ0v) is 13.1. The highest BCUT2D eigenvalue weighted by Crippen LogP contribution is 2.37. The molecule has 0 heterocycles. The molecule has 2 N–H and O–H groups in total. The lowest BCUT2D eigenvalue weighted by Gasteiger charge is -2.30. The van der Waals surface area contributed by atoms with Gasteiger partial charge in [0.15, 0.2) is 0 Å². The molecule has 0 aliphatic heterocycles. The Morgan fingerprint density at radius 3 is 3.00 bits per heavy atom.